The monoisotopic (exact) mass is 295 g/mol. The molecule has 0 heterocycles. The minimum atomic E-state index is -3.12. The SMILES string of the molecule is CCOP(=O)(Nc1ccccc1)c1ccc(Cl)cc1. The second kappa shape index (κ2) is 6.25. The van der Waals surface area contributed by atoms with Gasteiger partial charge in [-0.3, -0.25) is 4.57 Å². The van der Waals surface area contributed by atoms with Gasteiger partial charge in [-0.25, -0.2) is 0 Å². The van der Waals surface area contributed by atoms with Crippen molar-refractivity contribution in [3.63, 3.8) is 0 Å². The molecule has 0 bridgehead atoms. The summed E-state index contributed by atoms with van der Waals surface area (Å²) in [4.78, 5) is 0. The van der Waals surface area contributed by atoms with Crippen molar-refractivity contribution < 1.29 is 9.09 Å². The second-order valence-electron chi connectivity index (χ2n) is 3.92. The molecule has 3 nitrogen and oxygen atoms in total. The molecule has 0 saturated heterocycles. The van der Waals surface area contributed by atoms with Crippen LogP contribution in [0.3, 0.4) is 0 Å². The van der Waals surface area contributed by atoms with Crippen LogP contribution in [0, 0.1) is 0 Å². The van der Waals surface area contributed by atoms with E-state index < -0.39 is 7.52 Å². The van der Waals surface area contributed by atoms with Gasteiger partial charge in [0.2, 0.25) is 0 Å². The van der Waals surface area contributed by atoms with E-state index in [4.69, 9.17) is 16.1 Å². The summed E-state index contributed by atoms with van der Waals surface area (Å²) < 4.78 is 18.4. The largest absolute Gasteiger partial charge is 0.323 e. The summed E-state index contributed by atoms with van der Waals surface area (Å²) >= 11 is 5.85. The first-order chi connectivity index (χ1) is 9.14. The maximum Gasteiger partial charge on any atom is 0.323 e. The summed E-state index contributed by atoms with van der Waals surface area (Å²) in [6, 6.07) is 16.2. The first kappa shape index (κ1) is 14.1. The molecule has 0 spiro atoms. The van der Waals surface area contributed by atoms with Crippen molar-refractivity contribution in [1.29, 1.82) is 0 Å². The third-order valence-corrected chi connectivity index (χ3v) is 4.93. The highest BCUT2D eigenvalue weighted by Gasteiger charge is 2.25. The zero-order chi connectivity index (χ0) is 13.7. The fraction of sp³-hybridized carbons (Fsp3) is 0.143. The van der Waals surface area contributed by atoms with Gasteiger partial charge in [0.05, 0.1) is 11.9 Å². The molecule has 19 heavy (non-hydrogen) atoms. The maximum atomic E-state index is 12.9. The standard InChI is InChI=1S/C14H15ClNO2P/c1-2-18-19(17,14-10-8-12(15)9-11-14)16-13-6-4-3-5-7-13/h3-11H,2H2,1H3,(H,16,17). The summed E-state index contributed by atoms with van der Waals surface area (Å²) in [7, 11) is -3.12. The van der Waals surface area contributed by atoms with E-state index in [-0.39, 0.29) is 0 Å². The van der Waals surface area contributed by atoms with E-state index in [1.54, 1.807) is 24.3 Å². The molecule has 0 fully saturated rings. The van der Waals surface area contributed by atoms with E-state index in [2.05, 4.69) is 5.09 Å². The zero-order valence-electron chi connectivity index (χ0n) is 10.5. The Kier molecular flexibility index (Phi) is 4.65. The Morgan fingerprint density at radius 3 is 2.32 bits per heavy atom. The van der Waals surface area contributed by atoms with Crippen LogP contribution in [0.4, 0.5) is 5.69 Å². The maximum absolute atomic E-state index is 12.9. The molecule has 0 saturated carbocycles. The summed E-state index contributed by atoms with van der Waals surface area (Å²) in [6.45, 7) is 2.18. The number of hydrogen-bond acceptors (Lipinski definition) is 2. The highest BCUT2D eigenvalue weighted by molar-refractivity contribution is 7.68. The Hall–Kier alpha value is -1.28. The van der Waals surface area contributed by atoms with Crippen molar-refractivity contribution in [2.45, 2.75) is 6.92 Å². The lowest BCUT2D eigenvalue weighted by Gasteiger charge is -2.20. The van der Waals surface area contributed by atoms with E-state index in [0.29, 0.717) is 16.9 Å². The van der Waals surface area contributed by atoms with Crippen LogP contribution in [-0.4, -0.2) is 6.61 Å². The lowest BCUT2D eigenvalue weighted by atomic mass is 10.3. The quantitative estimate of drug-likeness (QED) is 0.836. The molecule has 1 unspecified atom stereocenters. The average molecular weight is 296 g/mol. The van der Waals surface area contributed by atoms with Crippen LogP contribution < -0.4 is 10.4 Å². The lowest BCUT2D eigenvalue weighted by molar-refractivity contribution is 0.344. The molecular weight excluding hydrogens is 281 g/mol. The van der Waals surface area contributed by atoms with E-state index in [9.17, 15) is 4.57 Å². The predicted molar refractivity (Wildman–Crippen MR) is 80.4 cm³/mol. The third-order valence-electron chi connectivity index (χ3n) is 2.53. The van der Waals surface area contributed by atoms with Crippen LogP contribution in [0.25, 0.3) is 0 Å². The summed E-state index contributed by atoms with van der Waals surface area (Å²) in [5.74, 6) is 0. The van der Waals surface area contributed by atoms with Crippen LogP contribution in [0.1, 0.15) is 6.92 Å². The Labute approximate surface area is 118 Å². The minimum Gasteiger partial charge on any atom is -0.312 e. The Morgan fingerprint density at radius 1 is 1.11 bits per heavy atom. The van der Waals surface area contributed by atoms with Crippen LogP contribution in [0.2, 0.25) is 5.02 Å². The minimum absolute atomic E-state index is 0.361. The molecule has 0 radical (unpaired) electrons. The normalized spacial score (nSPS) is 13.8. The average Bonchev–Trinajstić information content (AvgIpc) is 2.40. The zero-order valence-corrected chi connectivity index (χ0v) is 12.2. The number of hydrogen-bond donors (Lipinski definition) is 1. The summed E-state index contributed by atoms with van der Waals surface area (Å²) in [6.07, 6.45) is 0. The van der Waals surface area contributed by atoms with E-state index in [1.807, 2.05) is 37.3 Å². The van der Waals surface area contributed by atoms with Crippen molar-refractivity contribution in [1.82, 2.24) is 0 Å². The number of nitrogens with one attached hydrogen (secondary N) is 1. The van der Waals surface area contributed by atoms with Gasteiger partial charge in [-0.15, -0.1) is 0 Å². The van der Waals surface area contributed by atoms with Gasteiger partial charge in [0.15, 0.2) is 0 Å². The van der Waals surface area contributed by atoms with Crippen molar-refractivity contribution in [3.8, 4) is 0 Å². The van der Waals surface area contributed by atoms with Gasteiger partial charge in [-0.1, -0.05) is 29.8 Å². The third kappa shape index (κ3) is 3.60. The Balaban J connectivity index is 2.32. The van der Waals surface area contributed by atoms with Gasteiger partial charge in [-0.2, -0.15) is 0 Å². The van der Waals surface area contributed by atoms with Gasteiger partial charge in [0, 0.05) is 10.7 Å². The van der Waals surface area contributed by atoms with E-state index in [1.165, 1.54) is 0 Å². The Morgan fingerprint density at radius 2 is 1.74 bits per heavy atom. The van der Waals surface area contributed by atoms with Crippen molar-refractivity contribution >= 4 is 30.1 Å². The first-order valence-electron chi connectivity index (χ1n) is 5.98. The van der Waals surface area contributed by atoms with Gasteiger partial charge in [0.25, 0.3) is 0 Å². The van der Waals surface area contributed by atoms with Gasteiger partial charge in [-0.05, 0) is 43.3 Å². The van der Waals surface area contributed by atoms with Gasteiger partial charge in [0.1, 0.15) is 0 Å². The molecule has 0 amide bonds. The fourth-order valence-corrected chi connectivity index (χ4v) is 3.54. The van der Waals surface area contributed by atoms with Crippen molar-refractivity contribution in [2.24, 2.45) is 0 Å². The van der Waals surface area contributed by atoms with Crippen LogP contribution in [0.15, 0.2) is 54.6 Å². The molecule has 0 aliphatic carbocycles. The van der Waals surface area contributed by atoms with Crippen molar-refractivity contribution in [3.05, 3.63) is 59.6 Å². The number of rotatable bonds is 5. The molecule has 2 aromatic rings. The molecular formula is C14H15ClNO2P. The number of halogens is 1. The molecule has 0 aliphatic rings. The molecule has 5 heteroatoms. The molecule has 100 valence electrons. The number of para-hydroxylation sites is 1. The topological polar surface area (TPSA) is 38.3 Å². The first-order valence-corrected chi connectivity index (χ1v) is 7.98. The number of anilines is 1. The predicted octanol–water partition coefficient (Wildman–Crippen LogP) is 4.31. The molecule has 1 N–H and O–H groups in total. The fourth-order valence-electron chi connectivity index (χ4n) is 1.67. The highest BCUT2D eigenvalue weighted by Crippen LogP contribution is 2.45. The summed E-state index contributed by atoms with van der Waals surface area (Å²) in [5.41, 5.74) is 0.759. The lowest BCUT2D eigenvalue weighted by Crippen LogP contribution is -2.14. The smallest absolute Gasteiger partial charge is 0.312 e. The van der Waals surface area contributed by atoms with E-state index >= 15 is 0 Å². The summed E-state index contributed by atoms with van der Waals surface area (Å²) in [5, 5.41) is 4.19. The van der Waals surface area contributed by atoms with Crippen LogP contribution in [0.5, 0.6) is 0 Å². The van der Waals surface area contributed by atoms with Crippen LogP contribution >= 0.6 is 19.1 Å². The van der Waals surface area contributed by atoms with Gasteiger partial charge >= 0.3 is 7.52 Å². The molecule has 0 aromatic heterocycles. The molecule has 2 rings (SSSR count). The van der Waals surface area contributed by atoms with E-state index in [0.717, 1.165) is 5.69 Å². The second-order valence-corrected chi connectivity index (χ2v) is 6.46. The molecule has 0 aliphatic heterocycles. The van der Waals surface area contributed by atoms with Crippen molar-refractivity contribution in [2.75, 3.05) is 11.7 Å². The highest BCUT2D eigenvalue weighted by atomic mass is 35.5. The Bertz CT molecular complexity index is 572. The molecule has 1 atom stereocenters. The molecule has 2 aromatic carbocycles. The number of benzene rings is 2. The van der Waals surface area contributed by atoms with Gasteiger partial charge < -0.3 is 9.61 Å². The van der Waals surface area contributed by atoms with Crippen LogP contribution in [-0.2, 0) is 9.09 Å².